The summed E-state index contributed by atoms with van der Waals surface area (Å²) >= 11 is 0. The van der Waals surface area contributed by atoms with Gasteiger partial charge in [-0.2, -0.15) is 4.31 Å². The number of amides is 2. The minimum atomic E-state index is -3.54. The monoisotopic (exact) mass is 423 g/mol. The summed E-state index contributed by atoms with van der Waals surface area (Å²) in [5, 5.41) is 0. The fourth-order valence-electron chi connectivity index (χ4n) is 3.79. The van der Waals surface area contributed by atoms with Gasteiger partial charge in [0.05, 0.1) is 11.5 Å². The van der Waals surface area contributed by atoms with Crippen LogP contribution in [0.3, 0.4) is 0 Å². The van der Waals surface area contributed by atoms with Gasteiger partial charge >= 0.3 is 6.09 Å². The summed E-state index contributed by atoms with van der Waals surface area (Å²) in [6.07, 6.45) is 0.896. The van der Waals surface area contributed by atoms with Crippen LogP contribution in [0.1, 0.15) is 25.3 Å². The van der Waals surface area contributed by atoms with Gasteiger partial charge in [0, 0.05) is 45.2 Å². The van der Waals surface area contributed by atoms with Crippen LogP contribution in [-0.4, -0.2) is 80.4 Å². The lowest BCUT2D eigenvalue weighted by atomic mass is 9.95. The zero-order valence-corrected chi connectivity index (χ0v) is 17.9. The first-order valence-electron chi connectivity index (χ1n) is 10.1. The molecule has 0 saturated carbocycles. The third kappa shape index (κ3) is 4.90. The van der Waals surface area contributed by atoms with Crippen molar-refractivity contribution in [1.29, 1.82) is 0 Å². The van der Waals surface area contributed by atoms with Gasteiger partial charge in [0.15, 0.2) is 0 Å². The summed E-state index contributed by atoms with van der Waals surface area (Å²) < 4.78 is 32.1. The first-order valence-corrected chi connectivity index (χ1v) is 11.5. The number of carbonyl (C=O) groups excluding carboxylic acids is 2. The maximum absolute atomic E-state index is 12.8. The van der Waals surface area contributed by atoms with Crippen LogP contribution in [0, 0.1) is 12.8 Å². The number of benzene rings is 1. The Bertz CT molecular complexity index is 824. The number of carbonyl (C=O) groups is 2. The van der Waals surface area contributed by atoms with Gasteiger partial charge in [0.2, 0.25) is 15.9 Å². The maximum atomic E-state index is 12.8. The molecule has 0 radical (unpaired) electrons. The zero-order chi connectivity index (χ0) is 21.0. The minimum absolute atomic E-state index is 0.0564. The van der Waals surface area contributed by atoms with Crippen LogP contribution in [-0.2, 0) is 19.6 Å². The Morgan fingerprint density at radius 3 is 2.10 bits per heavy atom. The number of hydrogen-bond donors (Lipinski definition) is 0. The second kappa shape index (κ2) is 9.13. The van der Waals surface area contributed by atoms with E-state index < -0.39 is 10.0 Å². The molecule has 0 spiro atoms. The average Bonchev–Trinajstić information content (AvgIpc) is 2.74. The first kappa shape index (κ1) is 21.6. The van der Waals surface area contributed by atoms with Crippen LogP contribution in [0.4, 0.5) is 4.79 Å². The molecule has 0 aromatic heterocycles. The van der Waals surface area contributed by atoms with Crippen molar-refractivity contribution in [3.8, 4) is 0 Å². The van der Waals surface area contributed by atoms with Crippen LogP contribution in [0.2, 0.25) is 0 Å². The Balaban J connectivity index is 1.52. The predicted octanol–water partition coefficient (Wildman–Crippen LogP) is 1.70. The quantitative estimate of drug-likeness (QED) is 0.736. The number of likely N-dealkylation sites (tertiary alicyclic amines) is 1. The molecule has 29 heavy (non-hydrogen) atoms. The summed E-state index contributed by atoms with van der Waals surface area (Å²) in [7, 11) is -3.54. The van der Waals surface area contributed by atoms with E-state index in [1.807, 2.05) is 6.92 Å². The molecule has 0 N–H and O–H groups in total. The molecule has 2 aliphatic rings. The van der Waals surface area contributed by atoms with Crippen LogP contribution >= 0.6 is 0 Å². The third-order valence-corrected chi connectivity index (χ3v) is 7.49. The van der Waals surface area contributed by atoms with E-state index in [2.05, 4.69) is 0 Å². The predicted molar refractivity (Wildman–Crippen MR) is 108 cm³/mol. The van der Waals surface area contributed by atoms with Crippen molar-refractivity contribution >= 4 is 22.0 Å². The molecule has 3 rings (SSSR count). The molecule has 160 valence electrons. The summed E-state index contributed by atoms with van der Waals surface area (Å²) in [5.41, 5.74) is 1.01. The van der Waals surface area contributed by atoms with Gasteiger partial charge in [-0.3, -0.25) is 4.79 Å². The van der Waals surface area contributed by atoms with E-state index in [0.29, 0.717) is 58.7 Å². The number of hydrogen-bond acceptors (Lipinski definition) is 5. The highest BCUT2D eigenvalue weighted by molar-refractivity contribution is 7.89. The highest BCUT2D eigenvalue weighted by atomic mass is 32.2. The summed E-state index contributed by atoms with van der Waals surface area (Å²) in [6.45, 7) is 6.42. The molecule has 0 atom stereocenters. The number of nitrogens with zero attached hydrogens (tertiary/aromatic N) is 3. The second-order valence-electron chi connectivity index (χ2n) is 7.50. The Hall–Kier alpha value is -2.13. The standard InChI is InChI=1S/C20H29N3O5S/c1-3-28-20(25)22-10-8-17(9-11-22)19(24)21-12-14-23(15-13-21)29(26,27)18-6-4-16(2)5-7-18/h4-7,17H,3,8-15H2,1-2H3. The fourth-order valence-corrected chi connectivity index (χ4v) is 5.21. The molecule has 1 aromatic rings. The third-order valence-electron chi connectivity index (χ3n) is 5.58. The van der Waals surface area contributed by atoms with E-state index in [0.717, 1.165) is 5.56 Å². The van der Waals surface area contributed by atoms with E-state index in [1.165, 1.54) is 4.31 Å². The molecular weight excluding hydrogens is 394 g/mol. The molecule has 2 amide bonds. The van der Waals surface area contributed by atoms with Crippen LogP contribution in [0.15, 0.2) is 29.2 Å². The Kier molecular flexibility index (Phi) is 6.79. The number of piperidine rings is 1. The number of ether oxygens (including phenoxy) is 1. The summed E-state index contributed by atoms with van der Waals surface area (Å²) in [4.78, 5) is 28.3. The van der Waals surface area contributed by atoms with Crippen molar-refractivity contribution in [2.24, 2.45) is 5.92 Å². The van der Waals surface area contributed by atoms with Gasteiger partial charge in [-0.1, -0.05) is 17.7 Å². The van der Waals surface area contributed by atoms with Crippen molar-refractivity contribution in [1.82, 2.24) is 14.1 Å². The number of rotatable bonds is 4. The second-order valence-corrected chi connectivity index (χ2v) is 9.44. The van der Waals surface area contributed by atoms with Crippen LogP contribution in [0.25, 0.3) is 0 Å². The SMILES string of the molecule is CCOC(=O)N1CCC(C(=O)N2CCN(S(=O)(=O)c3ccc(C)cc3)CC2)CC1. The van der Waals surface area contributed by atoms with Crippen molar-refractivity contribution < 1.29 is 22.7 Å². The smallest absolute Gasteiger partial charge is 0.409 e. The highest BCUT2D eigenvalue weighted by Crippen LogP contribution is 2.23. The van der Waals surface area contributed by atoms with E-state index in [1.54, 1.807) is 41.0 Å². The van der Waals surface area contributed by atoms with Gasteiger partial charge in [-0.15, -0.1) is 0 Å². The molecule has 0 unspecified atom stereocenters. The normalized spacial score (nSPS) is 19.2. The molecular formula is C20H29N3O5S. The minimum Gasteiger partial charge on any atom is -0.450 e. The Morgan fingerprint density at radius 2 is 1.55 bits per heavy atom. The van der Waals surface area contributed by atoms with E-state index in [9.17, 15) is 18.0 Å². The largest absolute Gasteiger partial charge is 0.450 e. The zero-order valence-electron chi connectivity index (χ0n) is 17.0. The van der Waals surface area contributed by atoms with Gasteiger partial charge in [-0.05, 0) is 38.8 Å². The van der Waals surface area contributed by atoms with Crippen molar-refractivity contribution in [3.05, 3.63) is 29.8 Å². The van der Waals surface area contributed by atoms with Gasteiger partial charge in [0.1, 0.15) is 0 Å². The lowest BCUT2D eigenvalue weighted by Crippen LogP contribution is -2.53. The van der Waals surface area contributed by atoms with E-state index in [4.69, 9.17) is 4.74 Å². The molecule has 2 saturated heterocycles. The van der Waals surface area contributed by atoms with Gasteiger partial charge < -0.3 is 14.5 Å². The summed E-state index contributed by atoms with van der Waals surface area (Å²) in [5.74, 6) is -0.0678. The lowest BCUT2D eigenvalue weighted by Gasteiger charge is -2.37. The Labute approximate surface area is 172 Å². The fraction of sp³-hybridized carbons (Fsp3) is 0.600. The molecule has 1 aromatic carbocycles. The topological polar surface area (TPSA) is 87.2 Å². The Morgan fingerprint density at radius 1 is 0.966 bits per heavy atom. The molecule has 2 heterocycles. The average molecular weight is 424 g/mol. The van der Waals surface area contributed by atoms with Crippen molar-refractivity contribution in [2.75, 3.05) is 45.9 Å². The molecule has 8 nitrogen and oxygen atoms in total. The molecule has 0 aliphatic carbocycles. The van der Waals surface area contributed by atoms with Crippen LogP contribution in [0.5, 0.6) is 0 Å². The van der Waals surface area contributed by atoms with Crippen LogP contribution < -0.4 is 0 Å². The number of aryl methyl sites for hydroxylation is 1. The maximum Gasteiger partial charge on any atom is 0.409 e. The van der Waals surface area contributed by atoms with Gasteiger partial charge in [0.25, 0.3) is 0 Å². The molecule has 0 bridgehead atoms. The van der Waals surface area contributed by atoms with Crippen molar-refractivity contribution in [2.45, 2.75) is 31.6 Å². The first-order chi connectivity index (χ1) is 13.8. The molecule has 2 fully saturated rings. The molecule has 9 heteroatoms. The van der Waals surface area contributed by atoms with E-state index >= 15 is 0 Å². The summed E-state index contributed by atoms with van der Waals surface area (Å²) in [6, 6.07) is 6.82. The van der Waals surface area contributed by atoms with Crippen molar-refractivity contribution in [3.63, 3.8) is 0 Å². The van der Waals surface area contributed by atoms with Gasteiger partial charge in [-0.25, -0.2) is 13.2 Å². The lowest BCUT2D eigenvalue weighted by molar-refractivity contribution is -0.138. The number of piperazine rings is 1. The highest BCUT2D eigenvalue weighted by Gasteiger charge is 2.34. The molecule has 2 aliphatic heterocycles. The number of sulfonamides is 1. The van der Waals surface area contributed by atoms with E-state index in [-0.39, 0.29) is 22.8 Å².